The maximum atomic E-state index is 13.2. The van der Waals surface area contributed by atoms with Gasteiger partial charge in [-0.3, -0.25) is 9.59 Å². The second-order valence-electron chi connectivity index (χ2n) is 9.28. The van der Waals surface area contributed by atoms with E-state index in [1.54, 1.807) is 4.90 Å². The van der Waals surface area contributed by atoms with Crippen LogP contribution in [0.1, 0.15) is 67.6 Å². The number of likely N-dealkylation sites (N-methyl/N-ethyl adjacent to an activating group) is 1. The molecule has 168 valence electrons. The topological polar surface area (TPSA) is 51.5 Å². The molecule has 1 amide bonds. The van der Waals surface area contributed by atoms with Gasteiger partial charge in [-0.25, -0.2) is 0 Å². The Morgan fingerprint density at radius 2 is 1.90 bits per heavy atom. The first kappa shape index (κ1) is 22.1. The average molecular weight is 425 g/mol. The highest BCUT2D eigenvalue weighted by molar-refractivity contribution is 6.00. The van der Waals surface area contributed by atoms with Gasteiger partial charge in [0.2, 0.25) is 0 Å². The van der Waals surface area contributed by atoms with Gasteiger partial charge in [0.05, 0.1) is 6.54 Å². The number of hydrogen-bond donors (Lipinski definition) is 0. The zero-order valence-corrected chi connectivity index (χ0v) is 19.3. The highest BCUT2D eigenvalue weighted by Crippen LogP contribution is 2.39. The molecule has 1 aliphatic heterocycles. The van der Waals surface area contributed by atoms with E-state index in [1.807, 2.05) is 19.9 Å². The van der Waals surface area contributed by atoms with Crippen molar-refractivity contribution in [2.24, 2.45) is 18.9 Å². The molecular weight excluding hydrogens is 388 g/mol. The van der Waals surface area contributed by atoms with Crippen molar-refractivity contribution >= 4 is 22.6 Å². The van der Waals surface area contributed by atoms with Crippen LogP contribution >= 0.6 is 0 Å². The Morgan fingerprint density at radius 1 is 1.13 bits per heavy atom. The summed E-state index contributed by atoms with van der Waals surface area (Å²) in [4.78, 5) is 27.0. The third kappa shape index (κ3) is 4.43. The monoisotopic (exact) mass is 424 g/mol. The molecule has 31 heavy (non-hydrogen) atoms. The summed E-state index contributed by atoms with van der Waals surface area (Å²) in [6.45, 7) is 6.48. The second kappa shape index (κ2) is 9.56. The van der Waals surface area contributed by atoms with Gasteiger partial charge < -0.3 is 14.2 Å². The minimum atomic E-state index is -0.0387. The van der Waals surface area contributed by atoms with E-state index in [1.165, 1.54) is 41.4 Å². The molecule has 0 saturated carbocycles. The smallest absolute Gasteiger partial charge is 0.254 e. The SMILES string of the molecule is CCCC(=O)CN(CC)C(=O)c1ccc2c(c1)c1c(n2C)CCC(C2CCOCC2)C1. The molecule has 5 nitrogen and oxygen atoms in total. The van der Waals surface area contributed by atoms with Crippen molar-refractivity contribution in [3.05, 3.63) is 35.0 Å². The van der Waals surface area contributed by atoms with E-state index in [2.05, 4.69) is 23.7 Å². The Balaban J connectivity index is 1.61. The molecule has 5 heteroatoms. The summed E-state index contributed by atoms with van der Waals surface area (Å²) in [6, 6.07) is 6.10. The number of Topliss-reactive ketones (excluding diaryl/α,β-unsaturated/α-hetero) is 1. The van der Waals surface area contributed by atoms with Crippen LogP contribution in [0.4, 0.5) is 0 Å². The molecule has 4 rings (SSSR count). The highest BCUT2D eigenvalue weighted by Gasteiger charge is 2.31. The van der Waals surface area contributed by atoms with Gasteiger partial charge in [0, 0.05) is 55.4 Å². The van der Waals surface area contributed by atoms with Gasteiger partial charge in [0.25, 0.3) is 5.91 Å². The summed E-state index contributed by atoms with van der Waals surface area (Å²) in [5.74, 6) is 1.56. The predicted octanol–water partition coefficient (Wildman–Crippen LogP) is 4.54. The molecule has 0 bridgehead atoms. The summed E-state index contributed by atoms with van der Waals surface area (Å²) in [7, 11) is 2.15. The van der Waals surface area contributed by atoms with Crippen LogP contribution in [-0.2, 0) is 29.4 Å². The average Bonchev–Trinajstić information content (AvgIpc) is 3.08. The number of benzene rings is 1. The highest BCUT2D eigenvalue weighted by atomic mass is 16.5. The third-order valence-corrected chi connectivity index (χ3v) is 7.40. The Kier molecular flexibility index (Phi) is 6.80. The van der Waals surface area contributed by atoms with Gasteiger partial charge in [-0.15, -0.1) is 0 Å². The number of amides is 1. The van der Waals surface area contributed by atoms with Crippen LogP contribution in [0.2, 0.25) is 0 Å². The van der Waals surface area contributed by atoms with Crippen molar-refractivity contribution in [1.29, 1.82) is 0 Å². The molecule has 1 unspecified atom stereocenters. The van der Waals surface area contributed by atoms with E-state index in [4.69, 9.17) is 4.74 Å². The maximum absolute atomic E-state index is 13.2. The first-order valence-electron chi connectivity index (χ1n) is 12.0. The normalized spacial score (nSPS) is 19.4. The van der Waals surface area contributed by atoms with Crippen molar-refractivity contribution in [1.82, 2.24) is 9.47 Å². The summed E-state index contributed by atoms with van der Waals surface area (Å²) in [6.07, 6.45) is 7.15. The Morgan fingerprint density at radius 3 is 2.61 bits per heavy atom. The van der Waals surface area contributed by atoms with Gasteiger partial charge in [0.1, 0.15) is 0 Å². The molecule has 2 aromatic rings. The van der Waals surface area contributed by atoms with Crippen LogP contribution in [0, 0.1) is 11.8 Å². The van der Waals surface area contributed by atoms with Gasteiger partial charge >= 0.3 is 0 Å². The number of carbonyl (C=O) groups is 2. The number of hydrogen-bond acceptors (Lipinski definition) is 3. The molecule has 2 aliphatic rings. The zero-order chi connectivity index (χ0) is 22.0. The van der Waals surface area contributed by atoms with Gasteiger partial charge in [0.15, 0.2) is 5.78 Å². The predicted molar refractivity (Wildman–Crippen MR) is 123 cm³/mol. The van der Waals surface area contributed by atoms with Gasteiger partial charge in [-0.2, -0.15) is 0 Å². The Bertz CT molecular complexity index is 955. The number of ether oxygens (including phenoxy) is 1. The lowest BCUT2D eigenvalue weighted by molar-refractivity contribution is -0.119. The van der Waals surface area contributed by atoms with Crippen LogP contribution in [0.15, 0.2) is 18.2 Å². The quantitative estimate of drug-likeness (QED) is 0.656. The van der Waals surface area contributed by atoms with Crippen LogP contribution in [0.25, 0.3) is 10.9 Å². The lowest BCUT2D eigenvalue weighted by atomic mass is 9.75. The molecule has 0 radical (unpaired) electrons. The Hall–Kier alpha value is -2.14. The Labute approximate surface area is 185 Å². The van der Waals surface area contributed by atoms with Gasteiger partial charge in [-0.1, -0.05) is 6.92 Å². The zero-order valence-electron chi connectivity index (χ0n) is 19.3. The number of ketones is 1. The fourth-order valence-electron chi connectivity index (χ4n) is 5.61. The molecular formula is C26H36N2O3. The molecule has 2 heterocycles. The fraction of sp³-hybridized carbons (Fsp3) is 0.615. The van der Waals surface area contributed by atoms with E-state index in [0.29, 0.717) is 24.4 Å². The second-order valence-corrected chi connectivity index (χ2v) is 9.28. The van der Waals surface area contributed by atoms with Crippen LogP contribution < -0.4 is 0 Å². The molecule has 1 atom stereocenters. The molecule has 1 saturated heterocycles. The first-order chi connectivity index (χ1) is 15.0. The minimum Gasteiger partial charge on any atom is -0.381 e. The number of aryl methyl sites for hydroxylation is 1. The molecule has 1 aromatic carbocycles. The third-order valence-electron chi connectivity index (χ3n) is 7.40. The molecule has 0 spiro atoms. The van der Waals surface area contributed by atoms with Crippen molar-refractivity contribution in [3.63, 3.8) is 0 Å². The van der Waals surface area contributed by atoms with Gasteiger partial charge in [-0.05, 0) is 81.0 Å². The first-order valence-corrected chi connectivity index (χ1v) is 12.0. The van der Waals surface area contributed by atoms with Crippen molar-refractivity contribution in [2.75, 3.05) is 26.3 Å². The van der Waals surface area contributed by atoms with Crippen molar-refractivity contribution in [3.8, 4) is 0 Å². The van der Waals surface area contributed by atoms with E-state index in [9.17, 15) is 9.59 Å². The largest absolute Gasteiger partial charge is 0.381 e. The van der Waals surface area contributed by atoms with Crippen molar-refractivity contribution < 1.29 is 14.3 Å². The maximum Gasteiger partial charge on any atom is 0.254 e. The number of carbonyl (C=O) groups excluding carboxylic acids is 2. The summed E-state index contributed by atoms with van der Waals surface area (Å²) in [5.41, 5.74) is 4.76. The fourth-order valence-corrected chi connectivity index (χ4v) is 5.61. The van der Waals surface area contributed by atoms with Crippen molar-refractivity contribution in [2.45, 2.75) is 58.8 Å². The van der Waals surface area contributed by atoms with E-state index >= 15 is 0 Å². The molecule has 1 aliphatic carbocycles. The van der Waals surface area contributed by atoms with E-state index in [-0.39, 0.29) is 18.2 Å². The standard InChI is InChI=1S/C26H36N2O3/c1-4-6-21(29)17-28(5-2)26(30)20-8-10-25-23(16-20)22-15-19(7-9-24(22)27(25)3)18-11-13-31-14-12-18/h8,10,16,18-19H,4-7,9,11-15,17H2,1-3H3. The lowest BCUT2D eigenvalue weighted by Gasteiger charge is -2.33. The van der Waals surface area contributed by atoms with Crippen LogP contribution in [0.3, 0.4) is 0 Å². The molecule has 0 N–H and O–H groups in total. The van der Waals surface area contributed by atoms with E-state index < -0.39 is 0 Å². The summed E-state index contributed by atoms with van der Waals surface area (Å²) >= 11 is 0. The van der Waals surface area contributed by atoms with Crippen LogP contribution in [0.5, 0.6) is 0 Å². The minimum absolute atomic E-state index is 0.0387. The summed E-state index contributed by atoms with van der Waals surface area (Å²) < 4.78 is 7.90. The number of aromatic nitrogens is 1. The number of nitrogens with zero attached hydrogens (tertiary/aromatic N) is 2. The number of fused-ring (bicyclic) bond motifs is 3. The molecule has 1 aromatic heterocycles. The van der Waals surface area contributed by atoms with Crippen LogP contribution in [-0.4, -0.2) is 47.5 Å². The number of rotatable bonds is 7. The lowest BCUT2D eigenvalue weighted by Crippen LogP contribution is -2.35. The van der Waals surface area contributed by atoms with E-state index in [0.717, 1.165) is 38.4 Å². The summed E-state index contributed by atoms with van der Waals surface area (Å²) in [5, 5.41) is 1.22. The molecule has 1 fully saturated rings.